The molecular formula is C9H18KNO2. The second kappa shape index (κ2) is 6.53. The topological polar surface area (TPSA) is 40.5 Å². The summed E-state index contributed by atoms with van der Waals surface area (Å²) in [6.45, 7) is 4.23. The number of aliphatic carboxylic acids is 1. The third-order valence-corrected chi connectivity index (χ3v) is 2.72. The van der Waals surface area contributed by atoms with Crippen LogP contribution in [0.4, 0.5) is 0 Å². The molecule has 13 heavy (non-hydrogen) atoms. The molecule has 1 fully saturated rings. The van der Waals surface area contributed by atoms with Crippen LogP contribution in [0.3, 0.4) is 0 Å². The zero-order valence-electron chi connectivity index (χ0n) is 7.79. The van der Waals surface area contributed by atoms with Crippen molar-refractivity contribution >= 4 is 57.4 Å². The number of piperidine rings is 1. The first-order valence-electron chi connectivity index (χ1n) is 4.50. The minimum absolute atomic E-state index is 0. The van der Waals surface area contributed by atoms with Crippen molar-refractivity contribution in [2.45, 2.75) is 19.8 Å². The summed E-state index contributed by atoms with van der Waals surface area (Å²) in [6.07, 6.45) is 1.37. The molecule has 2 unspecified atom stereocenters. The van der Waals surface area contributed by atoms with Gasteiger partial charge in [0.05, 0.1) is 0 Å². The Labute approximate surface area is 122 Å². The Bertz CT molecular complexity index is 175. The van der Waals surface area contributed by atoms with Crippen molar-refractivity contribution in [2.75, 3.05) is 20.1 Å². The van der Waals surface area contributed by atoms with Crippen molar-refractivity contribution in [1.82, 2.24) is 4.90 Å². The van der Waals surface area contributed by atoms with Gasteiger partial charge in [-0.3, -0.25) is 4.79 Å². The third-order valence-electron chi connectivity index (χ3n) is 2.72. The van der Waals surface area contributed by atoms with Gasteiger partial charge in [0.2, 0.25) is 0 Å². The molecule has 1 N–H and O–H groups in total. The summed E-state index contributed by atoms with van der Waals surface area (Å²) in [5, 5.41) is 8.64. The molecule has 1 heterocycles. The summed E-state index contributed by atoms with van der Waals surface area (Å²) in [7, 11) is 2.09. The average Bonchev–Trinajstić information content (AvgIpc) is 1.94. The molecule has 1 saturated heterocycles. The van der Waals surface area contributed by atoms with Crippen LogP contribution >= 0.6 is 0 Å². The van der Waals surface area contributed by atoms with Crippen LogP contribution in [0, 0.1) is 11.8 Å². The van der Waals surface area contributed by atoms with Crippen LogP contribution in [0.5, 0.6) is 0 Å². The number of hydrogen-bond acceptors (Lipinski definition) is 2. The van der Waals surface area contributed by atoms with E-state index in [1.165, 1.54) is 0 Å². The predicted octanol–water partition coefficient (Wildman–Crippen LogP) is 0.400. The Hall–Kier alpha value is 1.07. The molecule has 0 amide bonds. The van der Waals surface area contributed by atoms with Crippen molar-refractivity contribution in [3.05, 3.63) is 0 Å². The molecule has 0 saturated carbocycles. The molecule has 1 rings (SSSR count). The first-order valence-corrected chi connectivity index (χ1v) is 4.50. The van der Waals surface area contributed by atoms with Crippen LogP contribution in [-0.4, -0.2) is 87.5 Å². The minimum atomic E-state index is -0.656. The van der Waals surface area contributed by atoms with Crippen LogP contribution in [-0.2, 0) is 4.79 Å². The molecule has 4 heteroatoms. The van der Waals surface area contributed by atoms with E-state index >= 15 is 0 Å². The Morgan fingerprint density at radius 1 is 1.62 bits per heavy atom. The van der Waals surface area contributed by atoms with E-state index in [-0.39, 0.29) is 51.4 Å². The van der Waals surface area contributed by atoms with Gasteiger partial charge in [0.25, 0.3) is 0 Å². The van der Waals surface area contributed by atoms with Crippen LogP contribution in [0.15, 0.2) is 0 Å². The molecule has 0 aromatic carbocycles. The van der Waals surface area contributed by atoms with Crippen molar-refractivity contribution in [3.8, 4) is 0 Å². The van der Waals surface area contributed by atoms with Gasteiger partial charge in [-0.1, -0.05) is 6.92 Å². The van der Waals surface area contributed by atoms with Crippen molar-refractivity contribution in [1.29, 1.82) is 0 Å². The van der Waals surface area contributed by atoms with Gasteiger partial charge in [-0.15, -0.1) is 0 Å². The Kier molecular flexibility index (Phi) is 7.07. The van der Waals surface area contributed by atoms with Gasteiger partial charge in [-0.05, 0) is 31.8 Å². The van der Waals surface area contributed by atoms with E-state index in [1.807, 2.05) is 0 Å². The van der Waals surface area contributed by atoms with Crippen molar-refractivity contribution in [2.24, 2.45) is 11.8 Å². The summed E-state index contributed by atoms with van der Waals surface area (Å²) in [4.78, 5) is 12.7. The van der Waals surface area contributed by atoms with Gasteiger partial charge in [0.1, 0.15) is 0 Å². The maximum absolute atomic E-state index is 10.5. The summed E-state index contributed by atoms with van der Waals surface area (Å²) < 4.78 is 0. The SMILES string of the molecule is CC1CN(C)CCC1CC(=O)O.[KH]. The summed E-state index contributed by atoms with van der Waals surface area (Å²) >= 11 is 0. The van der Waals surface area contributed by atoms with E-state index in [1.54, 1.807) is 0 Å². The van der Waals surface area contributed by atoms with E-state index in [2.05, 4.69) is 18.9 Å². The van der Waals surface area contributed by atoms with E-state index in [0.717, 1.165) is 19.5 Å². The van der Waals surface area contributed by atoms with Gasteiger partial charge in [0.15, 0.2) is 0 Å². The van der Waals surface area contributed by atoms with Gasteiger partial charge >= 0.3 is 57.4 Å². The number of carbonyl (C=O) groups is 1. The molecule has 72 valence electrons. The monoisotopic (exact) mass is 211 g/mol. The van der Waals surface area contributed by atoms with E-state index in [4.69, 9.17) is 5.11 Å². The van der Waals surface area contributed by atoms with Crippen molar-refractivity contribution in [3.63, 3.8) is 0 Å². The first kappa shape index (κ1) is 14.1. The third kappa shape index (κ3) is 4.90. The Morgan fingerprint density at radius 3 is 2.69 bits per heavy atom. The Morgan fingerprint density at radius 2 is 2.23 bits per heavy atom. The van der Waals surface area contributed by atoms with Crippen LogP contribution in [0.25, 0.3) is 0 Å². The molecular weight excluding hydrogens is 193 g/mol. The quantitative estimate of drug-likeness (QED) is 0.672. The molecule has 0 radical (unpaired) electrons. The maximum atomic E-state index is 10.5. The van der Waals surface area contributed by atoms with E-state index in [9.17, 15) is 4.79 Å². The van der Waals surface area contributed by atoms with Gasteiger partial charge in [-0.25, -0.2) is 0 Å². The molecule has 2 atom stereocenters. The fourth-order valence-corrected chi connectivity index (χ4v) is 1.93. The molecule has 0 spiro atoms. The molecule has 0 aromatic rings. The van der Waals surface area contributed by atoms with Crippen LogP contribution in [0.1, 0.15) is 19.8 Å². The number of rotatable bonds is 2. The zero-order chi connectivity index (χ0) is 9.14. The first-order chi connectivity index (χ1) is 5.59. The summed E-state index contributed by atoms with van der Waals surface area (Å²) in [6, 6.07) is 0. The predicted molar refractivity (Wildman–Crippen MR) is 54.2 cm³/mol. The molecule has 1 aliphatic rings. The molecule has 0 aliphatic carbocycles. The fourth-order valence-electron chi connectivity index (χ4n) is 1.93. The molecule has 1 aliphatic heterocycles. The number of carboxylic acids is 1. The molecule has 0 aromatic heterocycles. The van der Waals surface area contributed by atoms with Crippen LogP contribution < -0.4 is 0 Å². The zero-order valence-corrected chi connectivity index (χ0v) is 7.79. The molecule has 3 nitrogen and oxygen atoms in total. The number of hydrogen-bond donors (Lipinski definition) is 1. The number of nitrogens with zero attached hydrogens (tertiary/aromatic N) is 1. The summed E-state index contributed by atoms with van der Waals surface area (Å²) in [5.41, 5.74) is 0. The number of likely N-dealkylation sites (tertiary alicyclic amines) is 1. The Balaban J connectivity index is 0.00000144. The van der Waals surface area contributed by atoms with Gasteiger partial charge in [0, 0.05) is 13.0 Å². The van der Waals surface area contributed by atoms with E-state index < -0.39 is 5.97 Å². The second-order valence-electron chi connectivity index (χ2n) is 3.89. The van der Waals surface area contributed by atoms with E-state index in [0.29, 0.717) is 18.3 Å². The number of carboxylic acid groups (broad SMARTS) is 1. The van der Waals surface area contributed by atoms with Crippen molar-refractivity contribution < 1.29 is 9.90 Å². The fraction of sp³-hybridized carbons (Fsp3) is 0.889. The average molecular weight is 211 g/mol. The second-order valence-corrected chi connectivity index (χ2v) is 3.89. The van der Waals surface area contributed by atoms with Gasteiger partial charge in [-0.2, -0.15) is 0 Å². The summed E-state index contributed by atoms with van der Waals surface area (Å²) in [5.74, 6) is 0.259. The van der Waals surface area contributed by atoms with Gasteiger partial charge < -0.3 is 10.0 Å². The normalized spacial score (nSPS) is 29.4. The molecule has 0 bridgehead atoms. The van der Waals surface area contributed by atoms with Crippen LogP contribution in [0.2, 0.25) is 0 Å². The standard InChI is InChI=1S/C9H17NO2.K.H/c1-7-6-10(2)4-3-8(7)5-9(11)12;;/h7-8H,3-6H2,1-2H3,(H,11,12);;.